The average molecular weight is 424 g/mol. The summed E-state index contributed by atoms with van der Waals surface area (Å²) in [6, 6.07) is 8.56. The summed E-state index contributed by atoms with van der Waals surface area (Å²) in [6.45, 7) is 1.65. The molecule has 1 atom stereocenters. The quantitative estimate of drug-likeness (QED) is 0.601. The number of amides is 1. The third kappa shape index (κ3) is 4.65. The molecule has 0 aliphatic rings. The number of hydrogen-bond acceptors (Lipinski definition) is 6. The molecule has 152 valence electrons. The van der Waals surface area contributed by atoms with E-state index in [1.807, 2.05) is 0 Å². The van der Waals surface area contributed by atoms with Crippen LogP contribution in [-0.4, -0.2) is 24.1 Å². The van der Waals surface area contributed by atoms with Crippen molar-refractivity contribution >= 4 is 23.2 Å². The molecule has 1 amide bonds. The van der Waals surface area contributed by atoms with Gasteiger partial charge in [-0.1, -0.05) is 17.3 Å². The Morgan fingerprint density at radius 1 is 1.17 bits per heavy atom. The minimum absolute atomic E-state index is 0.149. The van der Waals surface area contributed by atoms with Crippen molar-refractivity contribution in [3.8, 4) is 11.3 Å². The number of alkyl halides is 3. The third-order valence-corrected chi connectivity index (χ3v) is 5.07. The summed E-state index contributed by atoms with van der Waals surface area (Å²) in [5.41, 5.74) is -0.234. The SMILES string of the molecule is COC(=O)c1ccc(C(=O)NC(C)c2cc(-c3cccc(C(F)(F)F)c3)on2)s1. The first-order valence-corrected chi connectivity index (χ1v) is 9.14. The molecule has 0 saturated heterocycles. The number of thiophene rings is 1. The molecule has 1 aromatic carbocycles. The van der Waals surface area contributed by atoms with Gasteiger partial charge >= 0.3 is 12.1 Å². The van der Waals surface area contributed by atoms with E-state index in [0.29, 0.717) is 15.4 Å². The van der Waals surface area contributed by atoms with Gasteiger partial charge in [0.05, 0.1) is 23.6 Å². The predicted molar refractivity (Wildman–Crippen MR) is 98.5 cm³/mol. The maximum atomic E-state index is 12.9. The van der Waals surface area contributed by atoms with Crippen LogP contribution in [0.15, 0.2) is 47.0 Å². The van der Waals surface area contributed by atoms with E-state index in [2.05, 4.69) is 15.2 Å². The van der Waals surface area contributed by atoms with Gasteiger partial charge in [-0.25, -0.2) is 4.79 Å². The molecule has 1 unspecified atom stereocenters. The molecule has 0 aliphatic heterocycles. The Morgan fingerprint density at radius 2 is 1.90 bits per heavy atom. The van der Waals surface area contributed by atoms with Gasteiger partial charge in [0.15, 0.2) is 5.76 Å². The number of esters is 1. The summed E-state index contributed by atoms with van der Waals surface area (Å²) < 4.78 is 48.4. The van der Waals surface area contributed by atoms with Gasteiger partial charge < -0.3 is 14.6 Å². The fraction of sp³-hybridized carbons (Fsp3) is 0.211. The van der Waals surface area contributed by atoms with Crippen LogP contribution >= 0.6 is 11.3 Å². The lowest BCUT2D eigenvalue weighted by atomic mass is 10.1. The Labute approximate surface area is 167 Å². The molecule has 0 saturated carbocycles. The van der Waals surface area contributed by atoms with Gasteiger partial charge in [0.25, 0.3) is 5.91 Å². The summed E-state index contributed by atoms with van der Waals surface area (Å²) >= 11 is 0.980. The van der Waals surface area contributed by atoms with Crippen LogP contribution < -0.4 is 5.32 Å². The lowest BCUT2D eigenvalue weighted by molar-refractivity contribution is -0.137. The number of nitrogens with one attached hydrogen (secondary N) is 1. The first kappa shape index (κ1) is 20.6. The molecule has 10 heteroatoms. The predicted octanol–water partition coefficient (Wildman–Crippen LogP) is 4.70. The molecule has 3 rings (SSSR count). The number of carbonyl (C=O) groups is 2. The van der Waals surface area contributed by atoms with Crippen molar-refractivity contribution in [1.82, 2.24) is 10.5 Å². The van der Waals surface area contributed by atoms with Crippen LogP contribution in [0.25, 0.3) is 11.3 Å². The molecule has 0 fully saturated rings. The van der Waals surface area contributed by atoms with Gasteiger partial charge in [-0.2, -0.15) is 13.2 Å². The van der Waals surface area contributed by atoms with Crippen LogP contribution in [0, 0.1) is 0 Å². The Morgan fingerprint density at radius 3 is 2.59 bits per heavy atom. The second-order valence-electron chi connectivity index (χ2n) is 6.05. The van der Waals surface area contributed by atoms with Gasteiger partial charge in [-0.05, 0) is 31.2 Å². The maximum Gasteiger partial charge on any atom is 0.416 e. The smallest absolute Gasteiger partial charge is 0.416 e. The molecule has 0 radical (unpaired) electrons. The molecule has 0 aliphatic carbocycles. The molecule has 2 heterocycles. The van der Waals surface area contributed by atoms with Gasteiger partial charge in [0.1, 0.15) is 10.6 Å². The fourth-order valence-corrected chi connectivity index (χ4v) is 3.32. The van der Waals surface area contributed by atoms with E-state index >= 15 is 0 Å². The van der Waals surface area contributed by atoms with Crippen molar-refractivity contribution in [3.63, 3.8) is 0 Å². The number of ether oxygens (including phenoxy) is 1. The van der Waals surface area contributed by atoms with Gasteiger partial charge in [0, 0.05) is 11.6 Å². The van der Waals surface area contributed by atoms with E-state index in [1.165, 1.54) is 37.4 Å². The van der Waals surface area contributed by atoms with E-state index in [9.17, 15) is 22.8 Å². The summed E-state index contributed by atoms with van der Waals surface area (Å²) in [5.74, 6) is -0.818. The van der Waals surface area contributed by atoms with Crippen LogP contribution in [0.5, 0.6) is 0 Å². The Bertz CT molecular complexity index is 1040. The van der Waals surface area contributed by atoms with Crippen molar-refractivity contribution in [1.29, 1.82) is 0 Å². The highest BCUT2D eigenvalue weighted by Crippen LogP contribution is 2.32. The molecular weight excluding hydrogens is 409 g/mol. The molecule has 2 aromatic heterocycles. The maximum absolute atomic E-state index is 12.9. The van der Waals surface area contributed by atoms with Crippen LogP contribution in [0.3, 0.4) is 0 Å². The highest BCUT2D eigenvalue weighted by atomic mass is 32.1. The summed E-state index contributed by atoms with van der Waals surface area (Å²) in [6.07, 6.45) is -4.47. The number of aromatic nitrogens is 1. The van der Waals surface area contributed by atoms with Crippen LogP contribution in [0.4, 0.5) is 13.2 Å². The molecule has 29 heavy (non-hydrogen) atoms. The van der Waals surface area contributed by atoms with Crippen molar-refractivity contribution in [3.05, 3.63) is 63.5 Å². The van der Waals surface area contributed by atoms with Crippen molar-refractivity contribution in [2.75, 3.05) is 7.11 Å². The monoisotopic (exact) mass is 424 g/mol. The number of nitrogens with zero attached hydrogens (tertiary/aromatic N) is 1. The van der Waals surface area contributed by atoms with Crippen molar-refractivity contribution < 1.29 is 32.0 Å². The van der Waals surface area contributed by atoms with E-state index < -0.39 is 29.7 Å². The van der Waals surface area contributed by atoms with E-state index in [-0.39, 0.29) is 11.3 Å². The Hall–Kier alpha value is -3.14. The second kappa shape index (κ2) is 8.08. The standard InChI is InChI=1S/C19H15F3N2O4S/c1-10(23-17(25)15-6-7-16(29-15)18(26)27-2)13-9-14(28-24-13)11-4-3-5-12(8-11)19(20,21)22/h3-10H,1-2H3,(H,23,25). The minimum Gasteiger partial charge on any atom is -0.465 e. The lowest BCUT2D eigenvalue weighted by Gasteiger charge is -2.09. The molecule has 6 nitrogen and oxygen atoms in total. The number of methoxy groups -OCH3 is 1. The zero-order chi connectivity index (χ0) is 21.2. The van der Waals surface area contributed by atoms with Crippen LogP contribution in [0.1, 0.15) is 43.6 Å². The topological polar surface area (TPSA) is 81.4 Å². The molecule has 3 aromatic rings. The first-order chi connectivity index (χ1) is 13.7. The van der Waals surface area contributed by atoms with Gasteiger partial charge in [-0.15, -0.1) is 11.3 Å². The van der Waals surface area contributed by atoms with Gasteiger partial charge in [0.2, 0.25) is 0 Å². The number of benzene rings is 1. The third-order valence-electron chi connectivity index (χ3n) is 4.01. The number of halogens is 3. The lowest BCUT2D eigenvalue weighted by Crippen LogP contribution is -2.26. The molecule has 0 bridgehead atoms. The first-order valence-electron chi connectivity index (χ1n) is 8.32. The number of carbonyl (C=O) groups excluding carboxylic acids is 2. The molecule has 0 spiro atoms. The number of rotatable bonds is 5. The highest BCUT2D eigenvalue weighted by Gasteiger charge is 2.30. The zero-order valence-corrected chi connectivity index (χ0v) is 16.1. The number of hydrogen-bond donors (Lipinski definition) is 1. The average Bonchev–Trinajstić information content (AvgIpc) is 3.36. The summed E-state index contributed by atoms with van der Waals surface area (Å²) in [7, 11) is 1.25. The normalized spacial score (nSPS) is 12.4. The Balaban J connectivity index is 1.72. The van der Waals surface area contributed by atoms with Crippen LogP contribution in [0.2, 0.25) is 0 Å². The minimum atomic E-state index is -4.47. The van der Waals surface area contributed by atoms with Crippen LogP contribution in [-0.2, 0) is 10.9 Å². The molecule has 1 N–H and O–H groups in total. The highest BCUT2D eigenvalue weighted by molar-refractivity contribution is 7.15. The largest absolute Gasteiger partial charge is 0.465 e. The molecular formula is C19H15F3N2O4S. The van der Waals surface area contributed by atoms with E-state index in [4.69, 9.17) is 4.52 Å². The second-order valence-corrected chi connectivity index (χ2v) is 7.13. The van der Waals surface area contributed by atoms with Crippen molar-refractivity contribution in [2.24, 2.45) is 0 Å². The van der Waals surface area contributed by atoms with Gasteiger partial charge in [-0.3, -0.25) is 4.79 Å². The zero-order valence-electron chi connectivity index (χ0n) is 15.2. The summed E-state index contributed by atoms with van der Waals surface area (Å²) in [4.78, 5) is 24.4. The van der Waals surface area contributed by atoms with E-state index in [0.717, 1.165) is 23.5 Å². The van der Waals surface area contributed by atoms with Crippen molar-refractivity contribution in [2.45, 2.75) is 19.1 Å². The summed E-state index contributed by atoms with van der Waals surface area (Å²) in [5, 5.41) is 6.54. The Kier molecular flexibility index (Phi) is 5.73. The fourth-order valence-electron chi connectivity index (χ4n) is 2.49. The van der Waals surface area contributed by atoms with E-state index in [1.54, 1.807) is 6.92 Å².